The molecule has 1 unspecified atom stereocenters. The van der Waals surface area contributed by atoms with Crippen molar-refractivity contribution >= 4 is 12.0 Å². The van der Waals surface area contributed by atoms with Crippen molar-refractivity contribution in [2.24, 2.45) is 0 Å². The summed E-state index contributed by atoms with van der Waals surface area (Å²) < 4.78 is 5.05. The molecular formula is C14H20N2O4. The van der Waals surface area contributed by atoms with Crippen LogP contribution in [0.4, 0.5) is 4.79 Å². The number of nitrogens with one attached hydrogen (secondary N) is 2. The molecule has 0 fully saturated rings. The van der Waals surface area contributed by atoms with E-state index in [1.807, 2.05) is 24.3 Å². The third-order valence-corrected chi connectivity index (χ3v) is 2.78. The van der Waals surface area contributed by atoms with Gasteiger partial charge in [0.05, 0.1) is 7.11 Å². The van der Waals surface area contributed by atoms with E-state index in [1.54, 1.807) is 14.0 Å². The second-order valence-electron chi connectivity index (χ2n) is 4.51. The number of carbonyl (C=O) groups excluding carboxylic acids is 1. The minimum absolute atomic E-state index is 0.0416. The predicted octanol–water partition coefficient (Wildman–Crippen LogP) is 1.75. The smallest absolute Gasteiger partial charge is 0.315 e. The SMILES string of the molecule is COc1ccc(CNC(=O)NC(C)CCC(=O)O)cc1. The Balaban J connectivity index is 2.29. The number of urea groups is 1. The molecule has 1 atom stereocenters. The molecule has 6 heteroatoms. The van der Waals surface area contributed by atoms with Crippen molar-refractivity contribution in [3.05, 3.63) is 29.8 Å². The molecule has 2 amide bonds. The second-order valence-corrected chi connectivity index (χ2v) is 4.51. The zero-order valence-electron chi connectivity index (χ0n) is 11.7. The highest BCUT2D eigenvalue weighted by Crippen LogP contribution is 2.10. The van der Waals surface area contributed by atoms with Gasteiger partial charge in [0.1, 0.15) is 5.75 Å². The standard InChI is InChI=1S/C14H20N2O4/c1-10(3-8-13(17)18)16-14(19)15-9-11-4-6-12(20-2)7-5-11/h4-7,10H,3,8-9H2,1-2H3,(H,17,18)(H2,15,16,19). The summed E-state index contributed by atoms with van der Waals surface area (Å²) in [6, 6.07) is 6.90. The number of methoxy groups -OCH3 is 1. The minimum Gasteiger partial charge on any atom is -0.497 e. The quantitative estimate of drug-likeness (QED) is 0.710. The van der Waals surface area contributed by atoms with Crippen LogP contribution >= 0.6 is 0 Å². The van der Waals surface area contributed by atoms with E-state index in [9.17, 15) is 9.59 Å². The third-order valence-electron chi connectivity index (χ3n) is 2.78. The number of carboxylic acids is 1. The number of ether oxygens (including phenoxy) is 1. The molecule has 0 radical (unpaired) electrons. The predicted molar refractivity (Wildman–Crippen MR) is 74.7 cm³/mol. The lowest BCUT2D eigenvalue weighted by molar-refractivity contribution is -0.137. The highest BCUT2D eigenvalue weighted by molar-refractivity contribution is 5.74. The van der Waals surface area contributed by atoms with Gasteiger partial charge in [0.15, 0.2) is 0 Å². The molecule has 1 rings (SSSR count). The van der Waals surface area contributed by atoms with Gasteiger partial charge in [0.25, 0.3) is 0 Å². The molecule has 1 aromatic rings. The lowest BCUT2D eigenvalue weighted by Gasteiger charge is -2.13. The van der Waals surface area contributed by atoms with E-state index in [1.165, 1.54) is 0 Å². The fourth-order valence-electron chi connectivity index (χ4n) is 1.61. The molecule has 20 heavy (non-hydrogen) atoms. The van der Waals surface area contributed by atoms with Crippen molar-refractivity contribution in [3.63, 3.8) is 0 Å². The zero-order valence-corrected chi connectivity index (χ0v) is 11.7. The molecule has 110 valence electrons. The molecule has 6 nitrogen and oxygen atoms in total. The maximum Gasteiger partial charge on any atom is 0.315 e. The summed E-state index contributed by atoms with van der Waals surface area (Å²) in [5, 5.41) is 14.0. The summed E-state index contributed by atoms with van der Waals surface area (Å²) in [6.07, 6.45) is 0.450. The summed E-state index contributed by atoms with van der Waals surface area (Å²) in [7, 11) is 1.60. The molecular weight excluding hydrogens is 260 g/mol. The first-order chi connectivity index (χ1) is 9.51. The molecule has 0 saturated heterocycles. The summed E-state index contributed by atoms with van der Waals surface area (Å²) in [5.74, 6) is -0.0993. The molecule has 0 aliphatic carbocycles. The molecule has 1 aromatic carbocycles. The maximum absolute atomic E-state index is 11.6. The van der Waals surface area contributed by atoms with Crippen molar-refractivity contribution in [3.8, 4) is 5.75 Å². The molecule has 0 aliphatic rings. The molecule has 0 aromatic heterocycles. The molecule has 0 aliphatic heterocycles. The molecule has 0 saturated carbocycles. The van der Waals surface area contributed by atoms with Crippen molar-refractivity contribution in [1.82, 2.24) is 10.6 Å². The lowest BCUT2D eigenvalue weighted by Crippen LogP contribution is -2.40. The van der Waals surface area contributed by atoms with Crippen LogP contribution in [0.25, 0.3) is 0 Å². The normalized spacial score (nSPS) is 11.5. The van der Waals surface area contributed by atoms with E-state index in [4.69, 9.17) is 9.84 Å². The van der Waals surface area contributed by atoms with Crippen molar-refractivity contribution < 1.29 is 19.4 Å². The molecule has 3 N–H and O–H groups in total. The number of amides is 2. The fraction of sp³-hybridized carbons (Fsp3) is 0.429. The lowest BCUT2D eigenvalue weighted by atomic mass is 10.2. The first kappa shape index (κ1) is 15.8. The van der Waals surface area contributed by atoms with E-state index in [0.717, 1.165) is 11.3 Å². The highest BCUT2D eigenvalue weighted by Gasteiger charge is 2.08. The number of hydrogen-bond donors (Lipinski definition) is 3. The molecule has 0 spiro atoms. The van der Waals surface area contributed by atoms with Gasteiger partial charge in [0, 0.05) is 19.0 Å². The summed E-state index contributed by atoms with van der Waals surface area (Å²) in [5.41, 5.74) is 0.958. The van der Waals surface area contributed by atoms with Gasteiger partial charge >= 0.3 is 12.0 Å². The van der Waals surface area contributed by atoms with Crippen molar-refractivity contribution in [2.45, 2.75) is 32.4 Å². The average Bonchev–Trinajstić information content (AvgIpc) is 2.43. The molecule has 0 heterocycles. The van der Waals surface area contributed by atoms with Gasteiger partial charge < -0.3 is 20.5 Å². The highest BCUT2D eigenvalue weighted by atomic mass is 16.5. The van der Waals surface area contributed by atoms with E-state index in [-0.39, 0.29) is 18.5 Å². The van der Waals surface area contributed by atoms with Crippen LogP contribution in [-0.2, 0) is 11.3 Å². The Morgan fingerprint density at radius 3 is 2.50 bits per heavy atom. The van der Waals surface area contributed by atoms with Crippen LogP contribution < -0.4 is 15.4 Å². The van der Waals surface area contributed by atoms with Crippen LogP contribution in [0, 0.1) is 0 Å². The first-order valence-corrected chi connectivity index (χ1v) is 6.40. The Morgan fingerprint density at radius 1 is 1.30 bits per heavy atom. The van der Waals surface area contributed by atoms with Crippen LogP contribution in [0.3, 0.4) is 0 Å². The van der Waals surface area contributed by atoms with Gasteiger partial charge in [-0.1, -0.05) is 12.1 Å². The van der Waals surface area contributed by atoms with Gasteiger partial charge in [0.2, 0.25) is 0 Å². The number of rotatable bonds is 7. The average molecular weight is 280 g/mol. The Bertz CT molecular complexity index is 445. The fourth-order valence-corrected chi connectivity index (χ4v) is 1.61. The number of benzene rings is 1. The zero-order chi connectivity index (χ0) is 15.0. The van der Waals surface area contributed by atoms with Crippen LogP contribution in [0.5, 0.6) is 5.75 Å². The van der Waals surface area contributed by atoms with Crippen LogP contribution in [0.1, 0.15) is 25.3 Å². The third kappa shape index (κ3) is 6.08. The van der Waals surface area contributed by atoms with Gasteiger partial charge in [-0.2, -0.15) is 0 Å². The van der Waals surface area contributed by atoms with Gasteiger partial charge in [-0.3, -0.25) is 4.79 Å². The number of hydrogen-bond acceptors (Lipinski definition) is 3. The molecule has 0 bridgehead atoms. The van der Waals surface area contributed by atoms with Crippen LogP contribution in [0.15, 0.2) is 24.3 Å². The Morgan fingerprint density at radius 2 is 1.95 bits per heavy atom. The first-order valence-electron chi connectivity index (χ1n) is 6.40. The van der Waals surface area contributed by atoms with E-state index in [0.29, 0.717) is 13.0 Å². The second kappa shape index (κ2) is 8.04. The van der Waals surface area contributed by atoms with Gasteiger partial charge in [-0.25, -0.2) is 4.79 Å². The number of carbonyl (C=O) groups is 2. The Kier molecular flexibility index (Phi) is 6.36. The topological polar surface area (TPSA) is 87.7 Å². The monoisotopic (exact) mass is 280 g/mol. The van der Waals surface area contributed by atoms with Crippen LogP contribution in [-0.4, -0.2) is 30.3 Å². The Hall–Kier alpha value is -2.24. The van der Waals surface area contributed by atoms with Crippen molar-refractivity contribution in [1.29, 1.82) is 0 Å². The van der Waals surface area contributed by atoms with E-state index in [2.05, 4.69) is 10.6 Å². The van der Waals surface area contributed by atoms with Gasteiger partial charge in [-0.15, -0.1) is 0 Å². The number of aliphatic carboxylic acids is 1. The Labute approximate surface area is 118 Å². The minimum atomic E-state index is -0.864. The van der Waals surface area contributed by atoms with Crippen molar-refractivity contribution in [2.75, 3.05) is 7.11 Å². The largest absolute Gasteiger partial charge is 0.497 e. The number of carboxylic acid groups (broad SMARTS) is 1. The van der Waals surface area contributed by atoms with E-state index >= 15 is 0 Å². The summed E-state index contributed by atoms with van der Waals surface area (Å²) in [4.78, 5) is 22.0. The maximum atomic E-state index is 11.6. The van der Waals surface area contributed by atoms with Gasteiger partial charge in [-0.05, 0) is 31.0 Å². The summed E-state index contributed by atoms with van der Waals surface area (Å²) in [6.45, 7) is 2.18. The van der Waals surface area contributed by atoms with Crippen LogP contribution in [0.2, 0.25) is 0 Å². The van der Waals surface area contributed by atoms with E-state index < -0.39 is 5.97 Å². The summed E-state index contributed by atoms with van der Waals surface area (Å²) >= 11 is 0.